The highest BCUT2D eigenvalue weighted by Crippen LogP contribution is 2.20. The average molecular weight is 494 g/mol. The molecule has 0 N–H and O–H groups in total. The Hall–Kier alpha value is -0.830. The van der Waals surface area contributed by atoms with Gasteiger partial charge in [-0.25, -0.2) is 0 Å². The fourth-order valence-corrected chi connectivity index (χ4v) is 4.99. The quantitative estimate of drug-likeness (QED) is 0.0647. The van der Waals surface area contributed by atoms with Crippen LogP contribution in [0.15, 0.2) is 12.2 Å². The van der Waals surface area contributed by atoms with Gasteiger partial charge in [-0.05, 0) is 71.9 Å². The minimum absolute atomic E-state index is 0.0390. The molecule has 0 bridgehead atoms. The van der Waals surface area contributed by atoms with E-state index in [1.54, 1.807) is 0 Å². The molecule has 0 amide bonds. The molecule has 1 atom stereocenters. The molecule has 0 rings (SSSR count). The van der Waals surface area contributed by atoms with Crippen molar-refractivity contribution in [3.63, 3.8) is 0 Å². The molecule has 35 heavy (non-hydrogen) atoms. The van der Waals surface area contributed by atoms with Gasteiger partial charge in [-0.2, -0.15) is 0 Å². The van der Waals surface area contributed by atoms with Crippen LogP contribution in [0.5, 0.6) is 0 Å². The molecule has 208 valence electrons. The van der Waals surface area contributed by atoms with Gasteiger partial charge in [-0.3, -0.25) is 4.79 Å². The molecule has 0 saturated heterocycles. The summed E-state index contributed by atoms with van der Waals surface area (Å²) in [6.07, 6.45) is 33.6. The molecule has 0 aromatic heterocycles. The van der Waals surface area contributed by atoms with Crippen molar-refractivity contribution in [2.75, 3.05) is 27.2 Å². The van der Waals surface area contributed by atoms with Crippen molar-refractivity contribution in [2.24, 2.45) is 5.92 Å². The second kappa shape index (κ2) is 27.8. The van der Waals surface area contributed by atoms with Gasteiger partial charge >= 0.3 is 5.97 Å². The van der Waals surface area contributed by atoms with Gasteiger partial charge in [0.2, 0.25) is 0 Å². The van der Waals surface area contributed by atoms with Crippen molar-refractivity contribution in [3.8, 4) is 0 Å². The molecule has 0 aliphatic rings. The van der Waals surface area contributed by atoms with Gasteiger partial charge in [0.1, 0.15) is 0 Å². The Morgan fingerprint density at radius 1 is 0.657 bits per heavy atom. The third-order valence-corrected chi connectivity index (χ3v) is 7.05. The summed E-state index contributed by atoms with van der Waals surface area (Å²) in [5, 5.41) is 0. The van der Waals surface area contributed by atoms with Crippen LogP contribution in [-0.4, -0.2) is 38.1 Å². The third-order valence-electron chi connectivity index (χ3n) is 7.05. The first kappa shape index (κ1) is 34.2. The van der Waals surface area contributed by atoms with E-state index in [9.17, 15) is 4.79 Å². The summed E-state index contributed by atoms with van der Waals surface area (Å²) < 4.78 is 4.96. The van der Waals surface area contributed by atoms with Crippen molar-refractivity contribution in [2.45, 2.75) is 155 Å². The highest BCUT2D eigenvalue weighted by Gasteiger charge is 2.09. The number of hydrogen-bond acceptors (Lipinski definition) is 3. The zero-order chi connectivity index (χ0) is 25.8. The average Bonchev–Trinajstić information content (AvgIpc) is 2.82. The second-order valence-corrected chi connectivity index (χ2v) is 11.0. The molecule has 3 nitrogen and oxygen atoms in total. The maximum absolute atomic E-state index is 11.3. The van der Waals surface area contributed by atoms with E-state index in [2.05, 4.69) is 38.1 Å². The van der Waals surface area contributed by atoms with Gasteiger partial charge in [0.25, 0.3) is 0 Å². The molecular weight excluding hydrogens is 430 g/mol. The Kier molecular flexibility index (Phi) is 27.1. The van der Waals surface area contributed by atoms with E-state index in [0.29, 0.717) is 13.0 Å². The number of esters is 1. The lowest BCUT2D eigenvalue weighted by Crippen LogP contribution is -2.21. The van der Waals surface area contributed by atoms with E-state index < -0.39 is 0 Å². The topological polar surface area (TPSA) is 29.5 Å². The lowest BCUT2D eigenvalue weighted by molar-refractivity contribution is -0.143. The molecular formula is C32H63NO2. The molecule has 0 fully saturated rings. The van der Waals surface area contributed by atoms with Crippen LogP contribution in [0.25, 0.3) is 0 Å². The maximum Gasteiger partial charge on any atom is 0.305 e. The van der Waals surface area contributed by atoms with Gasteiger partial charge in [0, 0.05) is 13.0 Å². The summed E-state index contributed by atoms with van der Waals surface area (Å²) in [5.41, 5.74) is 0. The molecule has 0 saturated carbocycles. The largest absolute Gasteiger partial charge is 0.466 e. The molecule has 0 spiro atoms. The highest BCUT2D eigenvalue weighted by atomic mass is 16.5. The van der Waals surface area contributed by atoms with Gasteiger partial charge in [-0.15, -0.1) is 0 Å². The van der Waals surface area contributed by atoms with Crippen LogP contribution in [0.2, 0.25) is 0 Å². The first-order valence-corrected chi connectivity index (χ1v) is 15.5. The zero-order valence-electron chi connectivity index (χ0n) is 24.5. The monoisotopic (exact) mass is 493 g/mol. The fourth-order valence-electron chi connectivity index (χ4n) is 4.99. The lowest BCUT2D eigenvalue weighted by Gasteiger charge is -2.21. The zero-order valence-corrected chi connectivity index (χ0v) is 24.5. The van der Waals surface area contributed by atoms with Crippen LogP contribution in [-0.2, 0) is 9.53 Å². The summed E-state index contributed by atoms with van der Waals surface area (Å²) in [4.78, 5) is 13.7. The summed E-state index contributed by atoms with van der Waals surface area (Å²) in [5.74, 6) is 0.869. The Balaban J connectivity index is 3.48. The van der Waals surface area contributed by atoms with Gasteiger partial charge in [0.05, 0.1) is 6.61 Å². The standard InChI is InChI=1S/C32H63NO2/c1-5-7-8-9-21-24-27-31(30-33(3)4)28-25-22-19-17-15-13-11-10-12-14-16-18-20-23-26-29-32(34)35-6-2/h10,12,31H,5-9,11,13-30H2,1-4H3. The predicted octanol–water partition coefficient (Wildman–Crippen LogP) is 9.89. The molecule has 0 aliphatic carbocycles. The van der Waals surface area contributed by atoms with Crippen molar-refractivity contribution < 1.29 is 9.53 Å². The van der Waals surface area contributed by atoms with Crippen LogP contribution in [0.1, 0.15) is 155 Å². The van der Waals surface area contributed by atoms with Gasteiger partial charge < -0.3 is 9.64 Å². The predicted molar refractivity (Wildman–Crippen MR) is 155 cm³/mol. The van der Waals surface area contributed by atoms with Crippen LogP contribution < -0.4 is 0 Å². The molecule has 3 heteroatoms. The van der Waals surface area contributed by atoms with E-state index >= 15 is 0 Å². The molecule has 0 radical (unpaired) electrons. The number of nitrogens with zero attached hydrogens (tertiary/aromatic N) is 1. The Labute approximate surface area is 220 Å². The Bertz CT molecular complexity index is 460. The number of allylic oxidation sites excluding steroid dienone is 2. The number of carbonyl (C=O) groups excluding carboxylic acids is 1. The molecule has 0 aromatic rings. The summed E-state index contributed by atoms with van der Waals surface area (Å²) >= 11 is 0. The van der Waals surface area contributed by atoms with Crippen molar-refractivity contribution in [3.05, 3.63) is 12.2 Å². The summed E-state index contributed by atoms with van der Waals surface area (Å²) in [6, 6.07) is 0. The molecule has 0 aliphatic heterocycles. The van der Waals surface area contributed by atoms with Crippen molar-refractivity contribution >= 4 is 5.97 Å². The number of ether oxygens (including phenoxy) is 1. The highest BCUT2D eigenvalue weighted by molar-refractivity contribution is 5.69. The Morgan fingerprint density at radius 2 is 1.11 bits per heavy atom. The third kappa shape index (κ3) is 27.6. The second-order valence-electron chi connectivity index (χ2n) is 11.0. The van der Waals surface area contributed by atoms with E-state index in [4.69, 9.17) is 4.74 Å². The summed E-state index contributed by atoms with van der Waals surface area (Å²) in [7, 11) is 4.47. The van der Waals surface area contributed by atoms with Gasteiger partial charge in [0.15, 0.2) is 0 Å². The van der Waals surface area contributed by atoms with Gasteiger partial charge in [-0.1, -0.05) is 109 Å². The fraction of sp³-hybridized carbons (Fsp3) is 0.906. The van der Waals surface area contributed by atoms with Crippen molar-refractivity contribution in [1.29, 1.82) is 0 Å². The normalized spacial score (nSPS) is 12.6. The number of carbonyl (C=O) groups is 1. The SMILES string of the molecule is CCCCCCCCC(CCCCCCCCC=CCCCCCCCC(=O)OCC)CN(C)C. The minimum Gasteiger partial charge on any atom is -0.466 e. The molecule has 1 unspecified atom stereocenters. The van der Waals surface area contributed by atoms with Crippen molar-refractivity contribution in [1.82, 2.24) is 4.90 Å². The van der Waals surface area contributed by atoms with Crippen LogP contribution in [0.3, 0.4) is 0 Å². The van der Waals surface area contributed by atoms with Crippen LogP contribution in [0.4, 0.5) is 0 Å². The molecule has 0 heterocycles. The van der Waals surface area contributed by atoms with E-state index in [1.807, 2.05) is 6.92 Å². The molecule has 0 aromatic carbocycles. The van der Waals surface area contributed by atoms with Crippen LogP contribution in [0, 0.1) is 5.92 Å². The van der Waals surface area contributed by atoms with E-state index in [-0.39, 0.29) is 5.97 Å². The first-order chi connectivity index (χ1) is 17.1. The summed E-state index contributed by atoms with van der Waals surface area (Å²) in [6.45, 7) is 5.95. The minimum atomic E-state index is -0.0390. The number of unbranched alkanes of at least 4 members (excludes halogenated alkanes) is 16. The smallest absolute Gasteiger partial charge is 0.305 e. The van der Waals surface area contributed by atoms with E-state index in [1.165, 1.54) is 129 Å². The van der Waals surface area contributed by atoms with Crippen LogP contribution >= 0.6 is 0 Å². The van der Waals surface area contributed by atoms with E-state index in [0.717, 1.165) is 18.8 Å². The Morgan fingerprint density at radius 3 is 1.60 bits per heavy atom. The number of rotatable bonds is 27. The lowest BCUT2D eigenvalue weighted by atomic mass is 9.93. The maximum atomic E-state index is 11.3. The number of hydrogen-bond donors (Lipinski definition) is 0. The first-order valence-electron chi connectivity index (χ1n) is 15.5.